The number of carboxylic acid groups (broad SMARTS) is 1. The summed E-state index contributed by atoms with van der Waals surface area (Å²) in [4.78, 5) is 19.8. The molecule has 2 heterocycles. The minimum Gasteiger partial charge on any atom is -0.543 e. The number of carboxylic acids is 1. The Morgan fingerprint density at radius 1 is 1.29 bits per heavy atom. The summed E-state index contributed by atoms with van der Waals surface area (Å²) in [6.45, 7) is 0. The van der Waals surface area contributed by atoms with Crippen molar-refractivity contribution >= 4 is 27.5 Å². The summed E-state index contributed by atoms with van der Waals surface area (Å²) in [5, 5.41) is 11.1. The molecule has 0 atom stereocenters. The number of halogens is 2. The molecule has 8 heteroatoms. The molecule has 0 unspecified atom stereocenters. The summed E-state index contributed by atoms with van der Waals surface area (Å²) in [7, 11) is 0. The molecule has 1 fully saturated rings. The second-order valence-electron chi connectivity index (χ2n) is 5.55. The third-order valence-corrected chi connectivity index (χ3v) is 4.34. The van der Waals surface area contributed by atoms with Gasteiger partial charge in [0.15, 0.2) is 5.65 Å². The Bertz CT molecular complexity index is 956. The van der Waals surface area contributed by atoms with Crippen molar-refractivity contribution in [2.75, 3.05) is 0 Å². The fraction of sp³-hybridized carbons (Fsp3) is 0.188. The van der Waals surface area contributed by atoms with Gasteiger partial charge in [-0.1, -0.05) is 15.9 Å². The van der Waals surface area contributed by atoms with Crippen LogP contribution in [0.3, 0.4) is 0 Å². The number of carbonyl (C=O) groups excluding carboxylic acids is 1. The van der Waals surface area contributed by atoms with Crippen LogP contribution in [0.2, 0.25) is 0 Å². The van der Waals surface area contributed by atoms with Crippen molar-refractivity contribution in [1.82, 2.24) is 14.4 Å². The third kappa shape index (κ3) is 3.36. The molecule has 116 valence electrons. The van der Waals surface area contributed by atoms with Gasteiger partial charge in [-0.05, 0) is 31.0 Å². The topological polar surface area (TPSA) is 70.3 Å². The standard InChI is InChI=1S/C16H11BrFN3O2.K/c17-9-3-4-10(11(18)5-9)12-6-21-7-13(16(22)23)19-14(8-1-2-8)15(21)20-12;/h3-8H,1-2H2,(H,22,23);/q;+1/p-1. The molecule has 2 aromatic heterocycles. The summed E-state index contributed by atoms with van der Waals surface area (Å²) < 4.78 is 16.4. The number of benzene rings is 1. The second kappa shape index (κ2) is 6.93. The second-order valence-corrected chi connectivity index (χ2v) is 6.47. The van der Waals surface area contributed by atoms with Crippen LogP contribution in [0.25, 0.3) is 16.9 Å². The monoisotopic (exact) mass is 413 g/mol. The van der Waals surface area contributed by atoms with Crippen LogP contribution in [-0.2, 0) is 0 Å². The summed E-state index contributed by atoms with van der Waals surface area (Å²) in [5.41, 5.74) is 1.85. The normalized spacial score (nSPS) is 13.8. The van der Waals surface area contributed by atoms with E-state index >= 15 is 0 Å². The first-order valence-corrected chi connectivity index (χ1v) is 7.88. The first-order chi connectivity index (χ1) is 11.0. The number of hydrogen-bond acceptors (Lipinski definition) is 4. The molecule has 4 rings (SSSR count). The van der Waals surface area contributed by atoms with Gasteiger partial charge in [0.25, 0.3) is 0 Å². The molecule has 1 aliphatic carbocycles. The molecule has 0 N–H and O–H groups in total. The molecule has 0 radical (unpaired) electrons. The van der Waals surface area contributed by atoms with E-state index in [-0.39, 0.29) is 63.0 Å². The Labute approximate surface area is 187 Å². The number of fused-ring (bicyclic) bond motifs is 1. The average Bonchev–Trinajstić information content (AvgIpc) is 3.25. The maximum Gasteiger partial charge on any atom is 1.00 e. The summed E-state index contributed by atoms with van der Waals surface area (Å²) in [6.07, 6.45) is 4.87. The van der Waals surface area contributed by atoms with Crippen molar-refractivity contribution in [2.45, 2.75) is 18.8 Å². The van der Waals surface area contributed by atoms with Gasteiger partial charge in [-0.2, -0.15) is 0 Å². The fourth-order valence-corrected chi connectivity index (χ4v) is 2.91. The Morgan fingerprint density at radius 3 is 2.67 bits per heavy atom. The molecular formula is C16H10BrFKN3O2. The summed E-state index contributed by atoms with van der Waals surface area (Å²) >= 11 is 3.22. The van der Waals surface area contributed by atoms with Crippen molar-refractivity contribution in [2.24, 2.45) is 0 Å². The maximum absolute atomic E-state index is 14.1. The molecule has 1 saturated carbocycles. The van der Waals surface area contributed by atoms with Gasteiger partial charge < -0.3 is 14.3 Å². The van der Waals surface area contributed by atoms with Gasteiger partial charge in [-0.15, -0.1) is 0 Å². The van der Waals surface area contributed by atoms with E-state index in [0.717, 1.165) is 12.8 Å². The van der Waals surface area contributed by atoms with Crippen molar-refractivity contribution in [3.05, 3.63) is 52.3 Å². The van der Waals surface area contributed by atoms with Gasteiger partial charge in [-0.25, -0.2) is 14.4 Å². The molecule has 1 aliphatic rings. The van der Waals surface area contributed by atoms with E-state index in [1.165, 1.54) is 12.3 Å². The molecule has 0 spiro atoms. The van der Waals surface area contributed by atoms with Crippen molar-refractivity contribution < 1.29 is 65.7 Å². The van der Waals surface area contributed by atoms with Crippen LogP contribution in [0.1, 0.15) is 34.9 Å². The van der Waals surface area contributed by atoms with Crippen LogP contribution in [-0.4, -0.2) is 20.3 Å². The van der Waals surface area contributed by atoms with E-state index in [1.54, 1.807) is 22.7 Å². The Kier molecular flexibility index (Phi) is 5.24. The number of aromatic carboxylic acids is 1. The number of rotatable bonds is 3. The minimum absolute atomic E-state index is 0. The van der Waals surface area contributed by atoms with Gasteiger partial charge in [-0.3, -0.25) is 0 Å². The quantitative estimate of drug-likeness (QED) is 0.545. The van der Waals surface area contributed by atoms with Crippen molar-refractivity contribution in [3.8, 4) is 11.3 Å². The Hall–Kier alpha value is -0.644. The van der Waals surface area contributed by atoms with Gasteiger partial charge in [0.2, 0.25) is 0 Å². The molecular weight excluding hydrogens is 404 g/mol. The number of nitrogens with zero attached hydrogens (tertiary/aromatic N) is 3. The van der Waals surface area contributed by atoms with Crippen molar-refractivity contribution in [1.29, 1.82) is 0 Å². The molecule has 24 heavy (non-hydrogen) atoms. The zero-order valence-electron chi connectivity index (χ0n) is 12.8. The smallest absolute Gasteiger partial charge is 0.543 e. The van der Waals surface area contributed by atoms with Crippen molar-refractivity contribution in [3.63, 3.8) is 0 Å². The zero-order chi connectivity index (χ0) is 16.1. The van der Waals surface area contributed by atoms with Gasteiger partial charge in [0.1, 0.15) is 11.5 Å². The van der Waals surface area contributed by atoms with Crippen LogP contribution in [0.15, 0.2) is 35.1 Å². The predicted molar refractivity (Wildman–Crippen MR) is 82.4 cm³/mol. The third-order valence-electron chi connectivity index (χ3n) is 3.84. The van der Waals surface area contributed by atoms with Crippen LogP contribution in [0, 0.1) is 5.82 Å². The van der Waals surface area contributed by atoms with Gasteiger partial charge >= 0.3 is 51.4 Å². The zero-order valence-corrected chi connectivity index (χ0v) is 17.5. The van der Waals surface area contributed by atoms with E-state index in [2.05, 4.69) is 25.9 Å². The summed E-state index contributed by atoms with van der Waals surface area (Å²) in [6, 6.07) is 4.73. The molecule has 0 saturated heterocycles. The van der Waals surface area contributed by atoms with E-state index in [4.69, 9.17) is 0 Å². The van der Waals surface area contributed by atoms with Crippen LogP contribution >= 0.6 is 15.9 Å². The van der Waals surface area contributed by atoms with Gasteiger partial charge in [0, 0.05) is 28.3 Å². The number of aromatic nitrogens is 3. The summed E-state index contributed by atoms with van der Waals surface area (Å²) in [5.74, 6) is -1.52. The first kappa shape index (κ1) is 18.2. The number of imidazole rings is 1. The Morgan fingerprint density at radius 2 is 2.04 bits per heavy atom. The van der Waals surface area contributed by atoms with E-state index in [0.29, 0.717) is 27.1 Å². The first-order valence-electron chi connectivity index (χ1n) is 7.09. The van der Waals surface area contributed by atoms with Crippen LogP contribution in [0.4, 0.5) is 4.39 Å². The van der Waals surface area contributed by atoms with E-state index < -0.39 is 11.8 Å². The van der Waals surface area contributed by atoms with E-state index in [9.17, 15) is 14.3 Å². The van der Waals surface area contributed by atoms with Gasteiger partial charge in [0.05, 0.1) is 17.4 Å². The fourth-order valence-electron chi connectivity index (χ4n) is 2.58. The Balaban J connectivity index is 0.00000169. The largest absolute Gasteiger partial charge is 1.00 e. The predicted octanol–water partition coefficient (Wildman–Crippen LogP) is -0.457. The SMILES string of the molecule is O=C([O-])c1cn2cc(-c3ccc(Br)cc3F)nc2c(C2CC2)n1.[K+]. The molecule has 1 aromatic carbocycles. The molecule has 0 amide bonds. The number of hydrogen-bond donors (Lipinski definition) is 0. The average molecular weight is 414 g/mol. The molecule has 0 bridgehead atoms. The van der Waals surface area contributed by atoms with Crippen LogP contribution < -0.4 is 56.5 Å². The molecule has 3 aromatic rings. The minimum atomic E-state index is -1.33. The maximum atomic E-state index is 14.1. The molecule has 0 aliphatic heterocycles. The van der Waals surface area contributed by atoms with E-state index in [1.807, 2.05) is 0 Å². The number of carbonyl (C=O) groups is 1. The molecule has 5 nitrogen and oxygen atoms in total. The van der Waals surface area contributed by atoms with Crippen LogP contribution in [0.5, 0.6) is 0 Å².